The zero-order valence-electron chi connectivity index (χ0n) is 17.7. The predicted octanol–water partition coefficient (Wildman–Crippen LogP) is 3.75. The Morgan fingerprint density at radius 3 is 2.14 bits per heavy atom. The number of anilines is 1. The highest BCUT2D eigenvalue weighted by molar-refractivity contribution is 5.94. The Labute approximate surface area is 168 Å². The molecule has 2 atom stereocenters. The number of rotatable bonds is 7. The number of hydrogen-bond acceptors (Lipinski definition) is 3. The molecule has 0 bridgehead atoms. The number of benzene rings is 2. The molecule has 0 fully saturated rings. The van der Waals surface area contributed by atoms with Gasteiger partial charge in [-0.3, -0.25) is 14.5 Å². The van der Waals surface area contributed by atoms with Crippen molar-refractivity contribution in [1.29, 1.82) is 0 Å². The average Bonchev–Trinajstić information content (AvgIpc) is 2.64. The second-order valence-electron chi connectivity index (χ2n) is 7.55. The quantitative estimate of drug-likeness (QED) is 0.768. The molecule has 0 aliphatic rings. The molecule has 2 aromatic carbocycles. The topological polar surface area (TPSA) is 61.4 Å². The summed E-state index contributed by atoms with van der Waals surface area (Å²) in [6.07, 6.45) is 0. The van der Waals surface area contributed by atoms with E-state index in [0.717, 1.165) is 22.4 Å². The van der Waals surface area contributed by atoms with Gasteiger partial charge >= 0.3 is 0 Å². The molecule has 0 radical (unpaired) electrons. The van der Waals surface area contributed by atoms with Crippen molar-refractivity contribution < 1.29 is 9.59 Å². The Balaban J connectivity index is 1.93. The lowest BCUT2D eigenvalue weighted by molar-refractivity contribution is -0.127. The van der Waals surface area contributed by atoms with Crippen LogP contribution in [-0.4, -0.2) is 36.3 Å². The first-order valence-corrected chi connectivity index (χ1v) is 9.62. The third kappa shape index (κ3) is 5.67. The van der Waals surface area contributed by atoms with Gasteiger partial charge in [0.15, 0.2) is 0 Å². The van der Waals surface area contributed by atoms with Crippen LogP contribution in [0.2, 0.25) is 0 Å². The number of nitrogens with one attached hydrogen (secondary N) is 2. The fourth-order valence-electron chi connectivity index (χ4n) is 3.28. The van der Waals surface area contributed by atoms with Gasteiger partial charge in [0.1, 0.15) is 0 Å². The zero-order chi connectivity index (χ0) is 20.8. The predicted molar refractivity (Wildman–Crippen MR) is 114 cm³/mol. The molecule has 5 heteroatoms. The Morgan fingerprint density at radius 1 is 1.00 bits per heavy atom. The molecule has 0 saturated carbocycles. The van der Waals surface area contributed by atoms with Gasteiger partial charge in [-0.15, -0.1) is 0 Å². The maximum Gasteiger partial charge on any atom is 0.238 e. The number of carbonyl (C=O) groups is 2. The monoisotopic (exact) mass is 381 g/mol. The molecule has 5 nitrogen and oxygen atoms in total. The zero-order valence-corrected chi connectivity index (χ0v) is 17.7. The van der Waals surface area contributed by atoms with E-state index < -0.39 is 6.04 Å². The van der Waals surface area contributed by atoms with Gasteiger partial charge in [0.05, 0.1) is 18.6 Å². The fourth-order valence-corrected chi connectivity index (χ4v) is 3.28. The van der Waals surface area contributed by atoms with Crippen molar-refractivity contribution in [3.63, 3.8) is 0 Å². The highest BCUT2D eigenvalue weighted by Crippen LogP contribution is 2.22. The average molecular weight is 382 g/mol. The molecule has 0 saturated heterocycles. The standard InChI is InChI=1S/C23H31N3O2/c1-15-12-16(2)22(17(3)13-15)25-21(27)14-26(6)19(5)23(28)24-18(4)20-10-8-7-9-11-20/h7-13,18-19H,14H2,1-6H3,(H,24,28)(H,25,27). The van der Waals surface area contributed by atoms with Gasteiger partial charge in [0.2, 0.25) is 11.8 Å². The third-order valence-corrected chi connectivity index (χ3v) is 5.03. The van der Waals surface area contributed by atoms with Crippen molar-refractivity contribution in [3.05, 3.63) is 64.7 Å². The minimum Gasteiger partial charge on any atom is -0.348 e. The molecule has 28 heavy (non-hydrogen) atoms. The van der Waals surface area contributed by atoms with E-state index in [4.69, 9.17) is 0 Å². The largest absolute Gasteiger partial charge is 0.348 e. The maximum absolute atomic E-state index is 12.6. The second-order valence-corrected chi connectivity index (χ2v) is 7.55. The normalized spacial score (nSPS) is 13.1. The van der Waals surface area contributed by atoms with Crippen LogP contribution >= 0.6 is 0 Å². The maximum atomic E-state index is 12.6. The van der Waals surface area contributed by atoms with Crippen LogP contribution in [0.15, 0.2) is 42.5 Å². The van der Waals surface area contributed by atoms with E-state index >= 15 is 0 Å². The lowest BCUT2D eigenvalue weighted by Gasteiger charge is -2.25. The summed E-state index contributed by atoms with van der Waals surface area (Å²) in [6, 6.07) is 13.4. The minimum atomic E-state index is -0.419. The highest BCUT2D eigenvalue weighted by Gasteiger charge is 2.22. The molecule has 150 valence electrons. The van der Waals surface area contributed by atoms with Crippen LogP contribution < -0.4 is 10.6 Å². The van der Waals surface area contributed by atoms with Gasteiger partial charge < -0.3 is 10.6 Å². The van der Waals surface area contributed by atoms with Gasteiger partial charge in [-0.2, -0.15) is 0 Å². The second kappa shape index (κ2) is 9.51. The summed E-state index contributed by atoms with van der Waals surface area (Å²) in [5, 5.41) is 6.00. The fraction of sp³-hybridized carbons (Fsp3) is 0.391. The van der Waals surface area contributed by atoms with E-state index in [-0.39, 0.29) is 24.4 Å². The number of amides is 2. The molecule has 0 aliphatic heterocycles. The minimum absolute atomic E-state index is 0.0868. The van der Waals surface area contributed by atoms with Crippen LogP contribution in [0.25, 0.3) is 0 Å². The first-order valence-electron chi connectivity index (χ1n) is 9.62. The summed E-state index contributed by atoms with van der Waals surface area (Å²) in [5.74, 6) is -0.234. The summed E-state index contributed by atoms with van der Waals surface area (Å²) in [4.78, 5) is 26.8. The lowest BCUT2D eigenvalue weighted by Crippen LogP contribution is -2.46. The smallest absolute Gasteiger partial charge is 0.238 e. The molecule has 0 aromatic heterocycles. The summed E-state index contributed by atoms with van der Waals surface area (Å²) < 4.78 is 0. The molecule has 0 spiro atoms. The van der Waals surface area contributed by atoms with Crippen molar-refractivity contribution in [2.24, 2.45) is 0 Å². The number of aryl methyl sites for hydroxylation is 3. The van der Waals surface area contributed by atoms with Crippen LogP contribution in [0.1, 0.15) is 42.1 Å². The van der Waals surface area contributed by atoms with Crippen molar-refractivity contribution in [1.82, 2.24) is 10.2 Å². The number of likely N-dealkylation sites (N-methyl/N-ethyl adjacent to an activating group) is 1. The van der Waals surface area contributed by atoms with Crippen LogP contribution in [-0.2, 0) is 9.59 Å². The van der Waals surface area contributed by atoms with E-state index in [1.165, 1.54) is 5.56 Å². The molecular formula is C23H31N3O2. The summed E-state index contributed by atoms with van der Waals surface area (Å²) in [7, 11) is 1.78. The van der Waals surface area contributed by atoms with Crippen LogP contribution in [0.5, 0.6) is 0 Å². The van der Waals surface area contributed by atoms with Crippen molar-refractivity contribution in [2.75, 3.05) is 18.9 Å². The summed E-state index contributed by atoms with van der Waals surface area (Å²) in [6.45, 7) is 9.91. The number of nitrogens with zero attached hydrogens (tertiary/aromatic N) is 1. The third-order valence-electron chi connectivity index (χ3n) is 5.03. The van der Waals surface area contributed by atoms with Crippen molar-refractivity contribution >= 4 is 17.5 Å². The van der Waals surface area contributed by atoms with Crippen molar-refractivity contribution in [3.8, 4) is 0 Å². The van der Waals surface area contributed by atoms with E-state index in [9.17, 15) is 9.59 Å². The Hall–Kier alpha value is -2.66. The van der Waals surface area contributed by atoms with Crippen LogP contribution in [0, 0.1) is 20.8 Å². The van der Waals surface area contributed by atoms with Crippen LogP contribution in [0.3, 0.4) is 0 Å². The number of carbonyl (C=O) groups excluding carboxylic acids is 2. The molecule has 0 aliphatic carbocycles. The Bertz CT molecular complexity index is 810. The Kier molecular flexibility index (Phi) is 7.35. The van der Waals surface area contributed by atoms with E-state index in [0.29, 0.717) is 0 Å². The first-order chi connectivity index (χ1) is 13.2. The molecule has 0 heterocycles. The van der Waals surface area contributed by atoms with Gasteiger partial charge in [0.25, 0.3) is 0 Å². The van der Waals surface area contributed by atoms with Gasteiger partial charge in [-0.25, -0.2) is 0 Å². The van der Waals surface area contributed by atoms with E-state index in [2.05, 4.69) is 10.6 Å². The lowest BCUT2D eigenvalue weighted by atomic mass is 10.1. The summed E-state index contributed by atoms with van der Waals surface area (Å²) in [5.41, 5.74) is 5.14. The van der Waals surface area contributed by atoms with E-state index in [1.807, 2.05) is 77.1 Å². The molecule has 2 amide bonds. The number of hydrogen-bond donors (Lipinski definition) is 2. The van der Waals surface area contributed by atoms with Gasteiger partial charge in [-0.1, -0.05) is 48.0 Å². The molecule has 2 N–H and O–H groups in total. The van der Waals surface area contributed by atoms with E-state index in [1.54, 1.807) is 11.9 Å². The van der Waals surface area contributed by atoms with Gasteiger partial charge in [0, 0.05) is 5.69 Å². The Morgan fingerprint density at radius 2 is 1.57 bits per heavy atom. The van der Waals surface area contributed by atoms with Gasteiger partial charge in [-0.05, 0) is 58.4 Å². The first kappa shape index (κ1) is 21.6. The summed E-state index contributed by atoms with van der Waals surface area (Å²) >= 11 is 0. The molecular weight excluding hydrogens is 350 g/mol. The molecule has 2 rings (SSSR count). The SMILES string of the molecule is Cc1cc(C)c(NC(=O)CN(C)C(C)C(=O)NC(C)c2ccccc2)c(C)c1. The highest BCUT2D eigenvalue weighted by atomic mass is 16.2. The van der Waals surface area contributed by atoms with Crippen molar-refractivity contribution in [2.45, 2.75) is 46.7 Å². The molecule has 2 aromatic rings. The molecule has 2 unspecified atom stereocenters. The van der Waals surface area contributed by atoms with Crippen LogP contribution in [0.4, 0.5) is 5.69 Å².